The Kier molecular flexibility index (Phi) is 5.11. The molecule has 0 saturated heterocycles. The van der Waals surface area contributed by atoms with E-state index in [4.69, 9.17) is 5.11 Å². The lowest BCUT2D eigenvalue weighted by Crippen LogP contribution is -2.22. The van der Waals surface area contributed by atoms with E-state index in [-0.39, 0.29) is 12.3 Å². The lowest BCUT2D eigenvalue weighted by molar-refractivity contribution is -0.136. The van der Waals surface area contributed by atoms with Gasteiger partial charge in [-0.25, -0.2) is 0 Å². The van der Waals surface area contributed by atoms with Crippen molar-refractivity contribution in [2.75, 3.05) is 0 Å². The van der Waals surface area contributed by atoms with E-state index in [1.165, 1.54) is 11.3 Å². The predicted molar refractivity (Wildman–Crippen MR) is 82.6 cm³/mol. The van der Waals surface area contributed by atoms with Gasteiger partial charge in [-0.05, 0) is 34.6 Å². The van der Waals surface area contributed by atoms with Gasteiger partial charge in [0.05, 0.1) is 11.3 Å². The molecule has 1 aromatic carbocycles. The van der Waals surface area contributed by atoms with Gasteiger partial charge in [0.2, 0.25) is 0 Å². The van der Waals surface area contributed by atoms with Crippen LogP contribution in [0.15, 0.2) is 35.7 Å². The Morgan fingerprint density at radius 1 is 1.14 bits per heavy atom. The number of carboxylic acids is 1. The maximum absolute atomic E-state index is 12.1. The molecule has 1 heterocycles. The average Bonchev–Trinajstić information content (AvgIpc) is 2.94. The summed E-state index contributed by atoms with van der Waals surface area (Å²) in [5.41, 5.74) is 2.77. The summed E-state index contributed by atoms with van der Waals surface area (Å²) in [7, 11) is 0. The molecule has 0 spiro atoms. The van der Waals surface area contributed by atoms with Crippen molar-refractivity contribution in [2.45, 2.75) is 26.3 Å². The zero-order chi connectivity index (χ0) is 15.2. The number of nitrogens with one attached hydrogen (secondary N) is 1. The van der Waals surface area contributed by atoms with E-state index >= 15 is 0 Å². The molecule has 0 atom stereocenters. The Morgan fingerprint density at radius 2 is 1.81 bits per heavy atom. The Morgan fingerprint density at radius 3 is 2.43 bits per heavy atom. The zero-order valence-corrected chi connectivity index (χ0v) is 12.6. The van der Waals surface area contributed by atoms with Crippen molar-refractivity contribution in [1.82, 2.24) is 5.32 Å². The summed E-state index contributed by atoms with van der Waals surface area (Å²) in [4.78, 5) is 23.5. The number of benzene rings is 1. The fraction of sp³-hybridized carbons (Fsp3) is 0.250. The first-order valence-corrected chi connectivity index (χ1v) is 7.62. The summed E-state index contributed by atoms with van der Waals surface area (Å²) >= 11 is 1.45. The molecule has 1 aromatic heterocycles. The van der Waals surface area contributed by atoms with E-state index < -0.39 is 5.97 Å². The van der Waals surface area contributed by atoms with Gasteiger partial charge >= 0.3 is 5.97 Å². The lowest BCUT2D eigenvalue weighted by Gasteiger charge is -2.06. The highest BCUT2D eigenvalue weighted by molar-refractivity contribution is 7.12. The van der Waals surface area contributed by atoms with E-state index in [0.717, 1.165) is 28.0 Å². The molecule has 1 amide bonds. The second kappa shape index (κ2) is 7.04. The monoisotopic (exact) mass is 303 g/mol. The number of carbonyl (C=O) groups excluding carboxylic acids is 1. The van der Waals surface area contributed by atoms with Crippen LogP contribution in [0.3, 0.4) is 0 Å². The van der Waals surface area contributed by atoms with Crippen molar-refractivity contribution in [3.63, 3.8) is 0 Å². The quantitative estimate of drug-likeness (QED) is 0.862. The molecule has 2 aromatic rings. The fourth-order valence-corrected chi connectivity index (χ4v) is 2.94. The molecule has 0 aliphatic carbocycles. The third kappa shape index (κ3) is 4.16. The van der Waals surface area contributed by atoms with Crippen LogP contribution in [0.2, 0.25) is 0 Å². The highest BCUT2D eigenvalue weighted by Crippen LogP contribution is 2.17. The molecule has 0 aliphatic heterocycles. The largest absolute Gasteiger partial charge is 0.481 e. The Hall–Kier alpha value is -2.14. The summed E-state index contributed by atoms with van der Waals surface area (Å²) < 4.78 is 0. The minimum Gasteiger partial charge on any atom is -0.481 e. The maximum atomic E-state index is 12.1. The van der Waals surface area contributed by atoms with Gasteiger partial charge in [0.25, 0.3) is 5.91 Å². The summed E-state index contributed by atoms with van der Waals surface area (Å²) in [6.45, 7) is 2.47. The number of thiophene rings is 1. The summed E-state index contributed by atoms with van der Waals surface area (Å²) in [6, 6.07) is 9.21. The molecule has 2 rings (SSSR count). The van der Waals surface area contributed by atoms with Gasteiger partial charge in [0.15, 0.2) is 0 Å². The van der Waals surface area contributed by atoms with Crippen molar-refractivity contribution in [3.8, 4) is 0 Å². The molecular weight excluding hydrogens is 286 g/mol. The molecule has 4 nitrogen and oxygen atoms in total. The van der Waals surface area contributed by atoms with Gasteiger partial charge in [0, 0.05) is 6.54 Å². The van der Waals surface area contributed by atoms with Crippen LogP contribution in [0.4, 0.5) is 0 Å². The smallest absolute Gasteiger partial charge is 0.307 e. The predicted octanol–water partition coefficient (Wildman–Crippen LogP) is 2.87. The van der Waals surface area contributed by atoms with Crippen LogP contribution in [0.1, 0.15) is 33.3 Å². The molecule has 0 saturated carbocycles. The minimum absolute atomic E-state index is 0.0156. The highest BCUT2D eigenvalue weighted by Gasteiger charge is 2.11. The van der Waals surface area contributed by atoms with E-state index in [0.29, 0.717) is 6.54 Å². The summed E-state index contributed by atoms with van der Waals surface area (Å²) in [5, 5.41) is 13.5. The van der Waals surface area contributed by atoms with Crippen LogP contribution < -0.4 is 5.32 Å². The second-order valence-corrected chi connectivity index (χ2v) is 5.61. The molecule has 0 fully saturated rings. The third-order valence-corrected chi connectivity index (χ3v) is 4.12. The number of rotatable bonds is 6. The van der Waals surface area contributed by atoms with E-state index in [1.54, 1.807) is 12.1 Å². The molecule has 2 N–H and O–H groups in total. The van der Waals surface area contributed by atoms with Gasteiger partial charge in [-0.1, -0.05) is 31.2 Å². The van der Waals surface area contributed by atoms with Gasteiger partial charge in [0.1, 0.15) is 0 Å². The number of carboxylic acid groups (broad SMARTS) is 1. The Labute approximate surface area is 127 Å². The number of carbonyl (C=O) groups is 2. The average molecular weight is 303 g/mol. The molecule has 0 bridgehead atoms. The maximum Gasteiger partial charge on any atom is 0.307 e. The first-order valence-electron chi connectivity index (χ1n) is 6.74. The van der Waals surface area contributed by atoms with Crippen LogP contribution in [0.5, 0.6) is 0 Å². The molecule has 5 heteroatoms. The first kappa shape index (κ1) is 15.3. The molecule has 0 aliphatic rings. The van der Waals surface area contributed by atoms with Crippen LogP contribution >= 0.6 is 11.3 Å². The van der Waals surface area contributed by atoms with Gasteiger partial charge in [-0.2, -0.15) is 0 Å². The number of aryl methyl sites for hydroxylation is 1. The van der Waals surface area contributed by atoms with Crippen molar-refractivity contribution in [2.24, 2.45) is 0 Å². The topological polar surface area (TPSA) is 66.4 Å². The van der Waals surface area contributed by atoms with Crippen molar-refractivity contribution < 1.29 is 14.7 Å². The van der Waals surface area contributed by atoms with E-state index in [1.807, 2.05) is 30.5 Å². The molecule has 110 valence electrons. The van der Waals surface area contributed by atoms with Crippen LogP contribution in [-0.4, -0.2) is 17.0 Å². The van der Waals surface area contributed by atoms with Crippen molar-refractivity contribution >= 4 is 23.2 Å². The molecule has 0 unspecified atom stereocenters. The standard InChI is InChI=1S/C16H17NO3S/c1-2-13-7-8-21-15(13)16(20)17-10-12-5-3-11(4-6-12)9-14(18)19/h3-8H,2,9-10H2,1H3,(H,17,20)(H,18,19). The third-order valence-electron chi connectivity index (χ3n) is 3.17. The Bertz CT molecular complexity index is 631. The normalized spacial score (nSPS) is 10.3. The minimum atomic E-state index is -0.846. The second-order valence-electron chi connectivity index (χ2n) is 4.70. The van der Waals surface area contributed by atoms with E-state index in [9.17, 15) is 9.59 Å². The van der Waals surface area contributed by atoms with Gasteiger partial charge in [-0.3, -0.25) is 9.59 Å². The summed E-state index contributed by atoms with van der Waals surface area (Å²) in [5.74, 6) is -0.905. The van der Waals surface area contributed by atoms with Crippen LogP contribution in [0, 0.1) is 0 Å². The molecule has 21 heavy (non-hydrogen) atoms. The SMILES string of the molecule is CCc1ccsc1C(=O)NCc1ccc(CC(=O)O)cc1. The van der Waals surface area contributed by atoms with Crippen molar-refractivity contribution in [1.29, 1.82) is 0 Å². The number of hydrogen-bond donors (Lipinski definition) is 2. The van der Waals surface area contributed by atoms with Crippen molar-refractivity contribution in [3.05, 3.63) is 57.3 Å². The summed E-state index contributed by atoms with van der Waals surface area (Å²) in [6.07, 6.45) is 0.859. The van der Waals surface area contributed by atoms with E-state index in [2.05, 4.69) is 5.32 Å². The Balaban J connectivity index is 1.93. The number of hydrogen-bond acceptors (Lipinski definition) is 3. The molecule has 0 radical (unpaired) electrons. The zero-order valence-electron chi connectivity index (χ0n) is 11.8. The van der Waals surface area contributed by atoms with Crippen LogP contribution in [0.25, 0.3) is 0 Å². The molecular formula is C16H17NO3S. The lowest BCUT2D eigenvalue weighted by atomic mass is 10.1. The van der Waals surface area contributed by atoms with Crippen LogP contribution in [-0.2, 0) is 24.2 Å². The fourth-order valence-electron chi connectivity index (χ4n) is 2.03. The first-order chi connectivity index (χ1) is 10.1. The highest BCUT2D eigenvalue weighted by atomic mass is 32.1. The number of aliphatic carboxylic acids is 1. The van der Waals surface area contributed by atoms with Gasteiger partial charge < -0.3 is 10.4 Å². The number of amides is 1. The van der Waals surface area contributed by atoms with Gasteiger partial charge in [-0.15, -0.1) is 11.3 Å².